The van der Waals surface area contributed by atoms with E-state index in [2.05, 4.69) is 4.90 Å². The van der Waals surface area contributed by atoms with Crippen LogP contribution in [-0.2, 0) is 15.2 Å². The van der Waals surface area contributed by atoms with Gasteiger partial charge in [0.1, 0.15) is 0 Å². The SMILES string of the molecule is CC(=O)N1CCN(C(=O)CN2CCCC(O)(c3ccccc3)CC2)CC1. The minimum atomic E-state index is -0.799. The van der Waals surface area contributed by atoms with E-state index in [1.165, 1.54) is 0 Å². The fourth-order valence-corrected chi connectivity index (χ4v) is 3.93. The zero-order valence-corrected chi connectivity index (χ0v) is 15.6. The van der Waals surface area contributed by atoms with E-state index in [-0.39, 0.29) is 11.8 Å². The van der Waals surface area contributed by atoms with E-state index in [9.17, 15) is 14.7 Å². The monoisotopic (exact) mass is 359 g/mol. The van der Waals surface area contributed by atoms with Crippen molar-refractivity contribution in [2.75, 3.05) is 45.8 Å². The number of piperazine rings is 1. The molecule has 2 fully saturated rings. The molecule has 0 radical (unpaired) electrons. The van der Waals surface area contributed by atoms with Gasteiger partial charge in [0, 0.05) is 39.6 Å². The van der Waals surface area contributed by atoms with Crippen LogP contribution in [0.3, 0.4) is 0 Å². The normalized spacial score (nSPS) is 25.0. The lowest BCUT2D eigenvalue weighted by Gasteiger charge is -2.35. The van der Waals surface area contributed by atoms with Crippen LogP contribution < -0.4 is 0 Å². The molecule has 0 spiro atoms. The van der Waals surface area contributed by atoms with E-state index in [1.807, 2.05) is 35.2 Å². The van der Waals surface area contributed by atoms with Crippen LogP contribution in [0.2, 0.25) is 0 Å². The minimum Gasteiger partial charge on any atom is -0.385 e. The van der Waals surface area contributed by atoms with Crippen LogP contribution in [0.25, 0.3) is 0 Å². The van der Waals surface area contributed by atoms with Gasteiger partial charge in [0.15, 0.2) is 0 Å². The molecular weight excluding hydrogens is 330 g/mol. The number of rotatable bonds is 3. The summed E-state index contributed by atoms with van der Waals surface area (Å²) in [5, 5.41) is 11.0. The number of aliphatic hydroxyl groups is 1. The minimum absolute atomic E-state index is 0.0739. The molecule has 2 amide bonds. The summed E-state index contributed by atoms with van der Waals surface area (Å²) < 4.78 is 0. The van der Waals surface area contributed by atoms with Gasteiger partial charge in [-0.25, -0.2) is 0 Å². The first-order valence-electron chi connectivity index (χ1n) is 9.51. The largest absolute Gasteiger partial charge is 0.385 e. The fourth-order valence-electron chi connectivity index (χ4n) is 3.93. The molecule has 2 aliphatic rings. The van der Waals surface area contributed by atoms with Gasteiger partial charge in [-0.1, -0.05) is 30.3 Å². The van der Waals surface area contributed by atoms with Crippen LogP contribution in [0.4, 0.5) is 0 Å². The van der Waals surface area contributed by atoms with Crippen molar-refractivity contribution in [3.8, 4) is 0 Å². The first-order chi connectivity index (χ1) is 12.5. The second-order valence-electron chi connectivity index (χ2n) is 7.41. The maximum atomic E-state index is 12.6. The molecule has 1 N–H and O–H groups in total. The molecule has 2 saturated heterocycles. The molecule has 1 unspecified atom stereocenters. The number of likely N-dealkylation sites (tertiary alicyclic amines) is 1. The number of hydrogen-bond acceptors (Lipinski definition) is 4. The molecule has 6 nitrogen and oxygen atoms in total. The number of benzene rings is 1. The molecule has 0 aliphatic carbocycles. The molecule has 1 atom stereocenters. The van der Waals surface area contributed by atoms with E-state index >= 15 is 0 Å². The van der Waals surface area contributed by atoms with Crippen LogP contribution in [0, 0.1) is 0 Å². The zero-order chi connectivity index (χ0) is 18.6. The Hall–Kier alpha value is -1.92. The Bertz CT molecular complexity index is 628. The molecule has 1 aromatic carbocycles. The molecule has 3 rings (SSSR count). The summed E-state index contributed by atoms with van der Waals surface area (Å²) in [4.78, 5) is 29.8. The summed E-state index contributed by atoms with van der Waals surface area (Å²) in [6.07, 6.45) is 2.23. The van der Waals surface area contributed by atoms with Crippen molar-refractivity contribution in [2.45, 2.75) is 31.8 Å². The Balaban J connectivity index is 1.52. The summed E-state index contributed by atoms with van der Waals surface area (Å²) in [6.45, 7) is 5.97. The number of carbonyl (C=O) groups is 2. The highest BCUT2D eigenvalue weighted by atomic mass is 16.3. The van der Waals surface area contributed by atoms with Crippen LogP contribution in [0.15, 0.2) is 30.3 Å². The topological polar surface area (TPSA) is 64.1 Å². The first kappa shape index (κ1) is 18.9. The van der Waals surface area contributed by atoms with Gasteiger partial charge in [0.25, 0.3) is 0 Å². The van der Waals surface area contributed by atoms with Crippen LogP contribution in [0.1, 0.15) is 31.7 Å². The average Bonchev–Trinajstić information content (AvgIpc) is 2.85. The van der Waals surface area contributed by atoms with Gasteiger partial charge in [-0.2, -0.15) is 0 Å². The Morgan fingerprint density at radius 3 is 2.27 bits per heavy atom. The average molecular weight is 359 g/mol. The third-order valence-electron chi connectivity index (χ3n) is 5.65. The second kappa shape index (κ2) is 8.18. The summed E-state index contributed by atoms with van der Waals surface area (Å²) >= 11 is 0. The van der Waals surface area contributed by atoms with Crippen molar-refractivity contribution in [1.29, 1.82) is 0 Å². The lowest BCUT2D eigenvalue weighted by molar-refractivity contribution is -0.139. The van der Waals surface area contributed by atoms with Gasteiger partial charge in [0.2, 0.25) is 11.8 Å². The van der Waals surface area contributed by atoms with E-state index in [4.69, 9.17) is 0 Å². The number of amides is 2. The smallest absolute Gasteiger partial charge is 0.236 e. The number of nitrogens with zero attached hydrogens (tertiary/aromatic N) is 3. The lowest BCUT2D eigenvalue weighted by atomic mass is 9.87. The van der Waals surface area contributed by atoms with Gasteiger partial charge < -0.3 is 14.9 Å². The van der Waals surface area contributed by atoms with Crippen molar-refractivity contribution in [3.63, 3.8) is 0 Å². The predicted octanol–water partition coefficient (Wildman–Crippen LogP) is 1.05. The Morgan fingerprint density at radius 2 is 1.62 bits per heavy atom. The summed E-state index contributed by atoms with van der Waals surface area (Å²) in [6, 6.07) is 9.84. The van der Waals surface area contributed by atoms with Crippen molar-refractivity contribution in [3.05, 3.63) is 35.9 Å². The molecule has 2 aliphatic heterocycles. The van der Waals surface area contributed by atoms with Crippen LogP contribution in [0.5, 0.6) is 0 Å². The highest BCUT2D eigenvalue weighted by Gasteiger charge is 2.32. The lowest BCUT2D eigenvalue weighted by Crippen LogP contribution is -2.52. The van der Waals surface area contributed by atoms with Crippen molar-refractivity contribution >= 4 is 11.8 Å². The van der Waals surface area contributed by atoms with Gasteiger partial charge >= 0.3 is 0 Å². The molecule has 0 bridgehead atoms. The van der Waals surface area contributed by atoms with E-state index in [1.54, 1.807) is 11.8 Å². The second-order valence-corrected chi connectivity index (χ2v) is 7.41. The van der Waals surface area contributed by atoms with Gasteiger partial charge in [-0.05, 0) is 31.4 Å². The maximum Gasteiger partial charge on any atom is 0.236 e. The Labute approximate surface area is 155 Å². The van der Waals surface area contributed by atoms with Crippen LogP contribution >= 0.6 is 0 Å². The number of hydrogen-bond donors (Lipinski definition) is 1. The van der Waals surface area contributed by atoms with Gasteiger partial charge in [-0.15, -0.1) is 0 Å². The maximum absolute atomic E-state index is 12.6. The molecular formula is C20H29N3O3. The summed E-state index contributed by atoms with van der Waals surface area (Å²) in [5.74, 6) is 0.197. The summed E-state index contributed by atoms with van der Waals surface area (Å²) in [5.41, 5.74) is 0.167. The molecule has 1 aromatic rings. The van der Waals surface area contributed by atoms with Crippen molar-refractivity contribution in [2.24, 2.45) is 0 Å². The molecule has 142 valence electrons. The van der Waals surface area contributed by atoms with Crippen molar-refractivity contribution in [1.82, 2.24) is 14.7 Å². The predicted molar refractivity (Wildman–Crippen MR) is 99.5 cm³/mol. The number of carbonyl (C=O) groups excluding carboxylic acids is 2. The first-order valence-corrected chi connectivity index (χ1v) is 9.51. The molecule has 0 aromatic heterocycles. The fraction of sp³-hybridized carbons (Fsp3) is 0.600. The standard InChI is InChI=1S/C20H29N3O3/c1-17(24)22-12-14-23(15-13-22)19(25)16-21-10-5-8-20(26,9-11-21)18-6-3-2-4-7-18/h2-4,6-7,26H,5,8-16H2,1H3. The van der Waals surface area contributed by atoms with E-state index in [0.29, 0.717) is 45.7 Å². The van der Waals surface area contributed by atoms with E-state index < -0.39 is 5.60 Å². The summed E-state index contributed by atoms with van der Waals surface area (Å²) in [7, 11) is 0. The Kier molecular flexibility index (Phi) is 5.94. The molecule has 0 saturated carbocycles. The third kappa shape index (κ3) is 4.43. The highest BCUT2D eigenvalue weighted by Crippen LogP contribution is 2.32. The molecule has 26 heavy (non-hydrogen) atoms. The van der Waals surface area contributed by atoms with Gasteiger partial charge in [-0.3, -0.25) is 14.5 Å². The molecule has 2 heterocycles. The Morgan fingerprint density at radius 1 is 0.962 bits per heavy atom. The highest BCUT2D eigenvalue weighted by molar-refractivity contribution is 5.79. The third-order valence-corrected chi connectivity index (χ3v) is 5.65. The quantitative estimate of drug-likeness (QED) is 0.876. The molecule has 6 heteroatoms. The van der Waals surface area contributed by atoms with Crippen molar-refractivity contribution < 1.29 is 14.7 Å². The van der Waals surface area contributed by atoms with Gasteiger partial charge in [0.05, 0.1) is 12.1 Å². The van der Waals surface area contributed by atoms with Crippen LogP contribution in [-0.4, -0.2) is 77.4 Å². The zero-order valence-electron chi connectivity index (χ0n) is 15.6. The van der Waals surface area contributed by atoms with E-state index in [0.717, 1.165) is 24.9 Å².